The first-order valence-electron chi connectivity index (χ1n) is 7.69. The number of fused-ring (bicyclic) bond motifs is 1. The number of carbonyl (C=O) groups excluding carboxylic acids is 1. The van der Waals surface area contributed by atoms with Crippen LogP contribution in [0.2, 0.25) is 5.02 Å². The maximum atomic E-state index is 12.2. The van der Waals surface area contributed by atoms with Crippen molar-refractivity contribution in [2.75, 3.05) is 13.2 Å². The average molecular weight is 335 g/mol. The fourth-order valence-electron chi connectivity index (χ4n) is 2.53. The molecule has 0 unspecified atom stereocenters. The molecule has 1 aromatic heterocycles. The minimum absolute atomic E-state index is 0.285. The molecule has 0 radical (unpaired) electrons. The van der Waals surface area contributed by atoms with Gasteiger partial charge in [-0.2, -0.15) is 0 Å². The van der Waals surface area contributed by atoms with E-state index in [1.807, 2.05) is 38.1 Å². The molecule has 0 spiro atoms. The molecule has 5 nitrogen and oxygen atoms in total. The normalized spacial score (nSPS) is 14.0. The number of aromatic nitrogens is 1. The molecule has 0 bridgehead atoms. The molecule has 122 valence electrons. The Morgan fingerprint density at radius 2 is 2.13 bits per heavy atom. The van der Waals surface area contributed by atoms with Gasteiger partial charge in [-0.05, 0) is 30.2 Å². The van der Waals surface area contributed by atoms with Crippen LogP contribution >= 0.6 is 11.6 Å². The molecule has 1 amide bonds. The summed E-state index contributed by atoms with van der Waals surface area (Å²) in [4.78, 5) is 13.9. The monoisotopic (exact) mass is 334 g/mol. The molecule has 0 saturated carbocycles. The topological polar surface area (TPSA) is 55.6 Å². The van der Waals surface area contributed by atoms with E-state index in [2.05, 4.69) is 5.16 Å². The molecule has 0 atom stereocenters. The third-order valence-corrected chi connectivity index (χ3v) is 3.99. The lowest BCUT2D eigenvalue weighted by Crippen LogP contribution is -2.36. The summed E-state index contributed by atoms with van der Waals surface area (Å²) in [5.41, 5.74) is 2.75. The molecule has 6 heteroatoms. The molecule has 1 aliphatic rings. The van der Waals surface area contributed by atoms with Gasteiger partial charge < -0.3 is 14.2 Å². The molecule has 2 aromatic rings. The Labute approximate surface area is 140 Å². The van der Waals surface area contributed by atoms with Gasteiger partial charge in [-0.1, -0.05) is 30.6 Å². The van der Waals surface area contributed by atoms with Gasteiger partial charge in [-0.15, -0.1) is 0 Å². The summed E-state index contributed by atoms with van der Waals surface area (Å²) in [5, 5.41) is 4.80. The highest BCUT2D eigenvalue weighted by atomic mass is 35.5. The van der Waals surface area contributed by atoms with Crippen LogP contribution in [0.4, 0.5) is 4.79 Å². The number of carbonyl (C=O) groups is 1. The number of hydrogen-bond donors (Lipinski definition) is 0. The molecule has 23 heavy (non-hydrogen) atoms. The zero-order valence-electron chi connectivity index (χ0n) is 13.2. The van der Waals surface area contributed by atoms with Crippen molar-refractivity contribution in [2.24, 2.45) is 5.92 Å². The Hall–Kier alpha value is -2.01. The Morgan fingerprint density at radius 3 is 2.83 bits per heavy atom. The highest BCUT2D eigenvalue weighted by molar-refractivity contribution is 6.30. The minimum atomic E-state index is -0.285. The van der Waals surface area contributed by atoms with E-state index < -0.39 is 0 Å². The number of benzene rings is 1. The largest absolute Gasteiger partial charge is 0.449 e. The third-order valence-electron chi connectivity index (χ3n) is 3.74. The van der Waals surface area contributed by atoms with E-state index >= 15 is 0 Å². The summed E-state index contributed by atoms with van der Waals surface area (Å²) in [5.74, 6) is 1.01. The first kappa shape index (κ1) is 15.9. The lowest BCUT2D eigenvalue weighted by Gasteiger charge is -2.26. The van der Waals surface area contributed by atoms with Crippen LogP contribution in [0.15, 0.2) is 28.8 Å². The quantitative estimate of drug-likeness (QED) is 0.846. The second-order valence-electron chi connectivity index (χ2n) is 6.09. The average Bonchev–Trinajstić information content (AvgIpc) is 2.96. The number of rotatable bonds is 3. The summed E-state index contributed by atoms with van der Waals surface area (Å²) >= 11 is 5.93. The fourth-order valence-corrected chi connectivity index (χ4v) is 2.65. The van der Waals surface area contributed by atoms with Gasteiger partial charge >= 0.3 is 6.09 Å². The summed E-state index contributed by atoms with van der Waals surface area (Å²) in [6.07, 6.45) is 0.385. The molecular formula is C17H19ClN2O3. The van der Waals surface area contributed by atoms with Gasteiger partial charge in [0.1, 0.15) is 0 Å². The lowest BCUT2D eigenvalue weighted by molar-refractivity contribution is 0.0879. The zero-order valence-corrected chi connectivity index (χ0v) is 14.0. The van der Waals surface area contributed by atoms with Crippen molar-refractivity contribution in [3.8, 4) is 11.3 Å². The number of nitrogens with zero attached hydrogens (tertiary/aromatic N) is 2. The molecule has 3 rings (SSSR count). The van der Waals surface area contributed by atoms with Crippen LogP contribution < -0.4 is 0 Å². The van der Waals surface area contributed by atoms with Crippen LogP contribution in [0.1, 0.15) is 25.1 Å². The number of ether oxygens (including phenoxy) is 1. The first-order valence-corrected chi connectivity index (χ1v) is 8.07. The molecule has 0 aliphatic carbocycles. The molecule has 1 aromatic carbocycles. The van der Waals surface area contributed by atoms with Crippen molar-refractivity contribution in [2.45, 2.75) is 26.8 Å². The SMILES string of the molecule is CC(C)COC(=O)N1CCc2noc(-c3ccc(Cl)cc3)c2C1. The van der Waals surface area contributed by atoms with Crippen LogP contribution in [-0.2, 0) is 17.7 Å². The maximum Gasteiger partial charge on any atom is 0.410 e. The van der Waals surface area contributed by atoms with Crippen molar-refractivity contribution in [3.63, 3.8) is 0 Å². The molecule has 0 fully saturated rings. The predicted octanol–water partition coefficient (Wildman–Crippen LogP) is 4.15. The van der Waals surface area contributed by atoms with Crippen LogP contribution in [0.3, 0.4) is 0 Å². The number of amides is 1. The van der Waals surface area contributed by atoms with Gasteiger partial charge in [0.05, 0.1) is 18.8 Å². The summed E-state index contributed by atoms with van der Waals surface area (Å²) in [7, 11) is 0. The van der Waals surface area contributed by atoms with Crippen LogP contribution in [0, 0.1) is 5.92 Å². The van der Waals surface area contributed by atoms with Gasteiger partial charge in [0.15, 0.2) is 5.76 Å². The van der Waals surface area contributed by atoms with Gasteiger partial charge in [-0.25, -0.2) is 4.79 Å². The van der Waals surface area contributed by atoms with Gasteiger partial charge in [-0.3, -0.25) is 0 Å². The number of hydrogen-bond acceptors (Lipinski definition) is 4. The maximum absolute atomic E-state index is 12.2. The Bertz CT molecular complexity index is 694. The summed E-state index contributed by atoms with van der Waals surface area (Å²) in [6, 6.07) is 7.39. The van der Waals surface area contributed by atoms with Crippen molar-refractivity contribution >= 4 is 17.7 Å². The zero-order chi connectivity index (χ0) is 16.4. The van der Waals surface area contributed by atoms with Crippen molar-refractivity contribution in [3.05, 3.63) is 40.5 Å². The van der Waals surface area contributed by atoms with Crippen LogP contribution in [-0.4, -0.2) is 29.3 Å². The lowest BCUT2D eigenvalue weighted by atomic mass is 10.0. The first-order chi connectivity index (χ1) is 11.0. The molecule has 2 heterocycles. The fraction of sp³-hybridized carbons (Fsp3) is 0.412. The van der Waals surface area contributed by atoms with E-state index in [4.69, 9.17) is 20.9 Å². The smallest absolute Gasteiger partial charge is 0.410 e. The Kier molecular flexibility index (Phi) is 4.57. The number of halogens is 1. The molecule has 1 aliphatic heterocycles. The summed E-state index contributed by atoms with van der Waals surface area (Å²) in [6.45, 7) is 5.50. The van der Waals surface area contributed by atoms with Crippen LogP contribution in [0.25, 0.3) is 11.3 Å². The molecular weight excluding hydrogens is 316 g/mol. The van der Waals surface area contributed by atoms with Gasteiger partial charge in [0.25, 0.3) is 0 Å². The van der Waals surface area contributed by atoms with E-state index in [-0.39, 0.29) is 6.09 Å². The van der Waals surface area contributed by atoms with Crippen LogP contribution in [0.5, 0.6) is 0 Å². The molecule has 0 N–H and O–H groups in total. The van der Waals surface area contributed by atoms with Crippen molar-refractivity contribution < 1.29 is 14.1 Å². The Balaban J connectivity index is 1.78. The molecule has 0 saturated heterocycles. The third kappa shape index (κ3) is 3.50. The van der Waals surface area contributed by atoms with E-state index in [9.17, 15) is 4.79 Å². The van der Waals surface area contributed by atoms with E-state index in [0.717, 1.165) is 16.8 Å². The van der Waals surface area contributed by atoms with E-state index in [0.29, 0.717) is 42.8 Å². The van der Waals surface area contributed by atoms with Gasteiger partial charge in [0.2, 0.25) is 0 Å². The highest BCUT2D eigenvalue weighted by Gasteiger charge is 2.28. The van der Waals surface area contributed by atoms with Crippen molar-refractivity contribution in [1.29, 1.82) is 0 Å². The predicted molar refractivity (Wildman–Crippen MR) is 87.2 cm³/mol. The second-order valence-corrected chi connectivity index (χ2v) is 6.52. The summed E-state index contributed by atoms with van der Waals surface area (Å²) < 4.78 is 10.8. The Morgan fingerprint density at radius 1 is 1.39 bits per heavy atom. The van der Waals surface area contributed by atoms with E-state index in [1.54, 1.807) is 4.90 Å². The minimum Gasteiger partial charge on any atom is -0.449 e. The highest BCUT2D eigenvalue weighted by Crippen LogP contribution is 2.31. The second kappa shape index (κ2) is 6.62. The standard InChI is InChI=1S/C17H19ClN2O3/c1-11(2)10-22-17(21)20-8-7-15-14(9-20)16(23-19-15)12-3-5-13(18)6-4-12/h3-6,11H,7-10H2,1-2H3. The van der Waals surface area contributed by atoms with Gasteiger partial charge in [0, 0.05) is 29.1 Å². The van der Waals surface area contributed by atoms with Crippen molar-refractivity contribution in [1.82, 2.24) is 10.1 Å². The van der Waals surface area contributed by atoms with E-state index in [1.165, 1.54) is 0 Å².